The van der Waals surface area contributed by atoms with Gasteiger partial charge in [0, 0.05) is 6.54 Å². The van der Waals surface area contributed by atoms with Gasteiger partial charge in [-0.15, -0.1) is 0 Å². The van der Waals surface area contributed by atoms with Gasteiger partial charge in [0.1, 0.15) is 18.5 Å². The summed E-state index contributed by atoms with van der Waals surface area (Å²) in [6, 6.07) is 4.31. The Bertz CT molecular complexity index is 474. The Balaban J connectivity index is 2.44. The van der Waals surface area contributed by atoms with E-state index in [1.54, 1.807) is 13.0 Å². The van der Waals surface area contributed by atoms with Crippen LogP contribution in [0.25, 0.3) is 0 Å². The Morgan fingerprint density at radius 1 is 1.40 bits per heavy atom. The Morgan fingerprint density at radius 2 is 2.05 bits per heavy atom. The van der Waals surface area contributed by atoms with Crippen molar-refractivity contribution in [1.29, 1.82) is 0 Å². The molecule has 0 heterocycles. The van der Waals surface area contributed by atoms with E-state index in [1.165, 1.54) is 19.1 Å². The summed E-state index contributed by atoms with van der Waals surface area (Å²) in [5.41, 5.74) is 1.08. The molecule has 0 aromatic heterocycles. The van der Waals surface area contributed by atoms with Gasteiger partial charge in [0.25, 0.3) is 0 Å². The summed E-state index contributed by atoms with van der Waals surface area (Å²) in [5.74, 6) is -1.02. The zero-order chi connectivity index (χ0) is 15.3. The third-order valence-electron chi connectivity index (χ3n) is 2.56. The molecule has 1 N–H and O–H groups in total. The normalized spacial score (nSPS) is 13.1. The van der Waals surface area contributed by atoms with E-state index >= 15 is 0 Å². The molecule has 1 aromatic carbocycles. The summed E-state index contributed by atoms with van der Waals surface area (Å²) in [6.45, 7) is 1.43. The van der Waals surface area contributed by atoms with Gasteiger partial charge in [-0.3, -0.25) is 4.79 Å². The van der Waals surface area contributed by atoms with Gasteiger partial charge in [0.15, 0.2) is 0 Å². The highest BCUT2D eigenvalue weighted by Gasteiger charge is 2.29. The van der Waals surface area contributed by atoms with E-state index in [-0.39, 0.29) is 12.4 Å². The number of carbonyl (C=O) groups excluding carboxylic acids is 1. The maximum absolute atomic E-state index is 13.0. The van der Waals surface area contributed by atoms with E-state index in [1.807, 2.05) is 0 Å². The van der Waals surface area contributed by atoms with Crippen LogP contribution < -0.4 is 5.32 Å². The fraction of sp³-hybridized carbons (Fsp3) is 0.462. The fourth-order valence-corrected chi connectivity index (χ4v) is 1.44. The van der Waals surface area contributed by atoms with Gasteiger partial charge in [-0.05, 0) is 31.0 Å². The Hall–Kier alpha value is -1.63. The van der Waals surface area contributed by atoms with E-state index < -0.39 is 24.8 Å². The van der Waals surface area contributed by atoms with Crippen molar-refractivity contribution in [3.8, 4) is 0 Å². The van der Waals surface area contributed by atoms with Crippen molar-refractivity contribution in [2.75, 3.05) is 6.61 Å². The van der Waals surface area contributed by atoms with Gasteiger partial charge in [-0.25, -0.2) is 4.39 Å². The minimum Gasteiger partial charge on any atom is -0.359 e. The number of rotatable bonds is 5. The second-order valence-corrected chi connectivity index (χ2v) is 4.37. The summed E-state index contributed by atoms with van der Waals surface area (Å²) >= 11 is 0. The lowest BCUT2D eigenvalue weighted by molar-refractivity contribution is -0.185. The highest BCUT2D eigenvalue weighted by atomic mass is 19.4. The second kappa shape index (κ2) is 6.69. The van der Waals surface area contributed by atoms with Crippen LogP contribution in [-0.4, -0.2) is 24.8 Å². The van der Waals surface area contributed by atoms with Crippen molar-refractivity contribution in [3.63, 3.8) is 0 Å². The van der Waals surface area contributed by atoms with Crippen LogP contribution in [0.3, 0.4) is 0 Å². The molecule has 3 nitrogen and oxygen atoms in total. The van der Waals surface area contributed by atoms with Crippen molar-refractivity contribution < 1.29 is 27.1 Å². The molecule has 0 aliphatic rings. The predicted molar refractivity (Wildman–Crippen MR) is 64.5 cm³/mol. The van der Waals surface area contributed by atoms with E-state index in [9.17, 15) is 22.4 Å². The lowest BCUT2D eigenvalue weighted by Gasteiger charge is -2.14. The maximum atomic E-state index is 13.0. The number of amides is 1. The quantitative estimate of drug-likeness (QED) is 0.848. The molecule has 1 aromatic rings. The summed E-state index contributed by atoms with van der Waals surface area (Å²) in [4.78, 5) is 11.5. The van der Waals surface area contributed by atoms with Crippen molar-refractivity contribution in [3.05, 3.63) is 35.1 Å². The lowest BCUT2D eigenvalue weighted by Crippen LogP contribution is -2.36. The number of aryl methyl sites for hydroxylation is 1. The Kier molecular flexibility index (Phi) is 5.50. The molecule has 20 heavy (non-hydrogen) atoms. The number of hydrogen-bond donors (Lipinski definition) is 1. The monoisotopic (exact) mass is 293 g/mol. The number of alkyl halides is 3. The highest BCUT2D eigenvalue weighted by molar-refractivity contribution is 5.80. The third-order valence-corrected chi connectivity index (χ3v) is 2.56. The Morgan fingerprint density at radius 3 is 2.60 bits per heavy atom. The van der Waals surface area contributed by atoms with Gasteiger partial charge >= 0.3 is 6.18 Å². The summed E-state index contributed by atoms with van der Waals surface area (Å²) < 4.78 is 53.2. The standard InChI is InChI=1S/C13H15F4NO2/c1-8-5-10(3-4-11(8)14)6-18-12(19)9(2)20-7-13(15,16)17/h3-5,9H,6-7H2,1-2H3,(H,18,19). The second-order valence-electron chi connectivity index (χ2n) is 4.37. The molecule has 0 fully saturated rings. The van der Waals surface area contributed by atoms with Crippen LogP contribution in [0.2, 0.25) is 0 Å². The molecule has 0 aliphatic carbocycles. The molecule has 7 heteroatoms. The van der Waals surface area contributed by atoms with Crippen LogP contribution in [0.4, 0.5) is 17.6 Å². The predicted octanol–water partition coefficient (Wildman–Crippen LogP) is 2.72. The van der Waals surface area contributed by atoms with Crippen molar-refractivity contribution >= 4 is 5.91 Å². The molecule has 112 valence electrons. The van der Waals surface area contributed by atoms with Crippen LogP contribution in [0, 0.1) is 12.7 Å². The zero-order valence-corrected chi connectivity index (χ0v) is 11.1. The first-order chi connectivity index (χ1) is 9.19. The maximum Gasteiger partial charge on any atom is 0.411 e. The van der Waals surface area contributed by atoms with Crippen LogP contribution in [0.1, 0.15) is 18.1 Å². The first-order valence-corrected chi connectivity index (χ1v) is 5.90. The molecule has 0 bridgehead atoms. The summed E-state index contributed by atoms with van der Waals surface area (Å²) in [5, 5.41) is 2.43. The van der Waals surface area contributed by atoms with Crippen LogP contribution in [-0.2, 0) is 16.1 Å². The average Bonchev–Trinajstić information content (AvgIpc) is 2.36. The first-order valence-electron chi connectivity index (χ1n) is 5.90. The van der Waals surface area contributed by atoms with E-state index in [0.29, 0.717) is 11.1 Å². The topological polar surface area (TPSA) is 38.3 Å². The van der Waals surface area contributed by atoms with E-state index in [4.69, 9.17) is 0 Å². The number of carbonyl (C=O) groups is 1. The molecule has 0 saturated carbocycles. The molecule has 0 spiro atoms. The van der Waals surface area contributed by atoms with Crippen LogP contribution >= 0.6 is 0 Å². The highest BCUT2D eigenvalue weighted by Crippen LogP contribution is 2.15. The zero-order valence-electron chi connectivity index (χ0n) is 11.1. The summed E-state index contributed by atoms with van der Waals surface area (Å²) in [7, 11) is 0. The molecular weight excluding hydrogens is 278 g/mol. The SMILES string of the molecule is Cc1cc(CNC(=O)C(C)OCC(F)(F)F)ccc1F. The molecule has 1 rings (SSSR count). The van der Waals surface area contributed by atoms with Crippen molar-refractivity contribution in [1.82, 2.24) is 5.32 Å². The molecule has 0 radical (unpaired) electrons. The van der Waals surface area contributed by atoms with Gasteiger partial charge in [0.2, 0.25) is 5.91 Å². The largest absolute Gasteiger partial charge is 0.411 e. The number of hydrogen-bond acceptors (Lipinski definition) is 2. The average molecular weight is 293 g/mol. The number of nitrogens with one attached hydrogen (secondary N) is 1. The third kappa shape index (κ3) is 5.56. The molecule has 1 atom stereocenters. The summed E-state index contributed by atoms with van der Waals surface area (Å²) in [6.07, 6.45) is -5.68. The molecule has 0 saturated heterocycles. The minimum absolute atomic E-state index is 0.0969. The Labute approximate surface area is 113 Å². The molecule has 0 aliphatic heterocycles. The van der Waals surface area contributed by atoms with Crippen LogP contribution in [0.5, 0.6) is 0 Å². The van der Waals surface area contributed by atoms with E-state index in [0.717, 1.165) is 0 Å². The molecule has 1 unspecified atom stereocenters. The first kappa shape index (κ1) is 16.4. The lowest BCUT2D eigenvalue weighted by atomic mass is 10.1. The minimum atomic E-state index is -4.47. The van der Waals surface area contributed by atoms with Crippen molar-refractivity contribution in [2.24, 2.45) is 0 Å². The number of halogens is 4. The van der Waals surface area contributed by atoms with Crippen molar-refractivity contribution in [2.45, 2.75) is 32.7 Å². The molecular formula is C13H15F4NO2. The van der Waals surface area contributed by atoms with Gasteiger partial charge in [-0.1, -0.05) is 12.1 Å². The number of ether oxygens (including phenoxy) is 1. The van der Waals surface area contributed by atoms with Gasteiger partial charge in [-0.2, -0.15) is 13.2 Å². The van der Waals surface area contributed by atoms with Gasteiger partial charge in [0.05, 0.1) is 0 Å². The smallest absolute Gasteiger partial charge is 0.359 e. The molecule has 1 amide bonds. The van der Waals surface area contributed by atoms with Crippen LogP contribution in [0.15, 0.2) is 18.2 Å². The fourth-order valence-electron chi connectivity index (χ4n) is 1.44. The number of benzene rings is 1. The van der Waals surface area contributed by atoms with E-state index in [2.05, 4.69) is 10.1 Å². The van der Waals surface area contributed by atoms with Gasteiger partial charge < -0.3 is 10.1 Å².